The van der Waals surface area contributed by atoms with Crippen LogP contribution in [0.2, 0.25) is 0 Å². The van der Waals surface area contributed by atoms with E-state index in [1.165, 1.54) is 6.42 Å². The van der Waals surface area contributed by atoms with Crippen LogP contribution in [0.4, 0.5) is 5.13 Å². The molecule has 0 unspecified atom stereocenters. The van der Waals surface area contributed by atoms with Crippen molar-refractivity contribution in [2.24, 2.45) is 0 Å². The van der Waals surface area contributed by atoms with Gasteiger partial charge < -0.3 is 10.2 Å². The molecule has 1 fully saturated rings. The number of amides is 1. The van der Waals surface area contributed by atoms with Gasteiger partial charge in [-0.3, -0.25) is 4.79 Å². The predicted molar refractivity (Wildman–Crippen MR) is 79.1 cm³/mol. The number of aromatic nitrogens is 1. The summed E-state index contributed by atoms with van der Waals surface area (Å²) >= 11 is 3.20. The second-order valence-corrected chi connectivity index (χ2v) is 6.18. The average molecular weight is 293 g/mol. The van der Waals surface area contributed by atoms with E-state index >= 15 is 0 Å². The third-order valence-electron chi connectivity index (χ3n) is 3.32. The zero-order chi connectivity index (χ0) is 13.1. The maximum atomic E-state index is 11.9. The molecular weight excluding hydrogens is 278 g/mol. The fourth-order valence-corrected chi connectivity index (χ4v) is 3.74. The van der Waals surface area contributed by atoms with E-state index in [0.717, 1.165) is 23.7 Å². The molecular formula is C13H15N3OS2. The van der Waals surface area contributed by atoms with Crippen LogP contribution in [0.3, 0.4) is 0 Å². The normalized spacial score (nSPS) is 18.7. The Bertz CT molecular complexity index is 524. The van der Waals surface area contributed by atoms with Gasteiger partial charge in [0, 0.05) is 41.7 Å². The fourth-order valence-electron chi connectivity index (χ4n) is 2.36. The molecule has 6 heteroatoms. The Morgan fingerprint density at radius 3 is 3.21 bits per heavy atom. The van der Waals surface area contributed by atoms with Crippen LogP contribution in [-0.4, -0.2) is 30.0 Å². The SMILES string of the molecule is O=C(NC[C@@H]1CCCN1c1nccs1)c1ccsc1. The van der Waals surface area contributed by atoms with Gasteiger partial charge in [0.05, 0.1) is 0 Å². The van der Waals surface area contributed by atoms with Crippen molar-refractivity contribution in [1.82, 2.24) is 10.3 Å². The minimum atomic E-state index is 0.0206. The summed E-state index contributed by atoms with van der Waals surface area (Å²) in [6.07, 6.45) is 4.11. The second kappa shape index (κ2) is 5.71. The molecule has 1 aliphatic rings. The van der Waals surface area contributed by atoms with Crippen LogP contribution in [-0.2, 0) is 0 Å². The highest BCUT2D eigenvalue weighted by molar-refractivity contribution is 7.13. The Labute approximate surface area is 120 Å². The third kappa shape index (κ3) is 2.79. The van der Waals surface area contributed by atoms with Gasteiger partial charge in [-0.2, -0.15) is 11.3 Å². The molecule has 0 aromatic carbocycles. The van der Waals surface area contributed by atoms with E-state index in [1.807, 2.05) is 28.4 Å². The van der Waals surface area contributed by atoms with E-state index < -0.39 is 0 Å². The lowest BCUT2D eigenvalue weighted by Gasteiger charge is -2.24. The molecule has 1 N–H and O–H groups in total. The molecule has 1 amide bonds. The van der Waals surface area contributed by atoms with Crippen molar-refractivity contribution in [3.8, 4) is 0 Å². The highest BCUT2D eigenvalue weighted by atomic mass is 32.1. The first kappa shape index (κ1) is 12.6. The zero-order valence-electron chi connectivity index (χ0n) is 10.4. The first-order valence-electron chi connectivity index (χ1n) is 6.31. The largest absolute Gasteiger partial charge is 0.350 e. The molecule has 0 saturated carbocycles. The van der Waals surface area contributed by atoms with Crippen LogP contribution in [0.5, 0.6) is 0 Å². The number of carbonyl (C=O) groups excluding carboxylic acids is 1. The zero-order valence-corrected chi connectivity index (χ0v) is 12.0. The van der Waals surface area contributed by atoms with Gasteiger partial charge in [0.2, 0.25) is 0 Å². The van der Waals surface area contributed by atoms with Crippen molar-refractivity contribution < 1.29 is 4.79 Å². The standard InChI is InChI=1S/C13H15N3OS2/c17-12(10-3-6-18-9-10)15-8-11-2-1-5-16(11)13-14-4-7-19-13/h3-4,6-7,9,11H,1-2,5,8H2,(H,15,17)/t11-/m0/s1. The molecule has 19 heavy (non-hydrogen) atoms. The Kier molecular flexibility index (Phi) is 3.79. The Balaban J connectivity index is 1.59. The highest BCUT2D eigenvalue weighted by Crippen LogP contribution is 2.26. The molecule has 2 aromatic rings. The van der Waals surface area contributed by atoms with Gasteiger partial charge in [-0.25, -0.2) is 4.98 Å². The molecule has 1 saturated heterocycles. The lowest BCUT2D eigenvalue weighted by molar-refractivity contribution is 0.0952. The number of nitrogens with one attached hydrogen (secondary N) is 1. The fraction of sp³-hybridized carbons (Fsp3) is 0.385. The summed E-state index contributed by atoms with van der Waals surface area (Å²) in [5.74, 6) is 0.0206. The van der Waals surface area contributed by atoms with Crippen molar-refractivity contribution >= 4 is 33.7 Å². The molecule has 1 aliphatic heterocycles. The molecule has 4 nitrogen and oxygen atoms in total. The van der Waals surface area contributed by atoms with Crippen LogP contribution >= 0.6 is 22.7 Å². The number of carbonyl (C=O) groups is 1. The monoisotopic (exact) mass is 293 g/mol. The minimum absolute atomic E-state index is 0.0206. The van der Waals surface area contributed by atoms with Crippen LogP contribution in [0.1, 0.15) is 23.2 Å². The number of hydrogen-bond donors (Lipinski definition) is 1. The number of thiophene rings is 1. The van der Waals surface area contributed by atoms with Gasteiger partial charge in [0.15, 0.2) is 5.13 Å². The molecule has 1 atom stereocenters. The molecule has 3 heterocycles. The maximum Gasteiger partial charge on any atom is 0.252 e. The van der Waals surface area contributed by atoms with Crippen LogP contribution < -0.4 is 10.2 Å². The topological polar surface area (TPSA) is 45.2 Å². The van der Waals surface area contributed by atoms with Crippen molar-refractivity contribution in [2.75, 3.05) is 18.0 Å². The predicted octanol–water partition coefficient (Wildman–Crippen LogP) is 2.60. The quantitative estimate of drug-likeness (QED) is 0.942. The third-order valence-corrected chi connectivity index (χ3v) is 4.82. The second-order valence-electron chi connectivity index (χ2n) is 4.53. The number of hydrogen-bond acceptors (Lipinski definition) is 5. The highest BCUT2D eigenvalue weighted by Gasteiger charge is 2.26. The smallest absolute Gasteiger partial charge is 0.252 e. The van der Waals surface area contributed by atoms with E-state index in [0.29, 0.717) is 12.6 Å². The lowest BCUT2D eigenvalue weighted by Crippen LogP contribution is -2.40. The van der Waals surface area contributed by atoms with Crippen molar-refractivity contribution in [1.29, 1.82) is 0 Å². The summed E-state index contributed by atoms with van der Waals surface area (Å²) in [5, 5.41) is 9.88. The van der Waals surface area contributed by atoms with Gasteiger partial charge >= 0.3 is 0 Å². The van der Waals surface area contributed by atoms with Gasteiger partial charge in [-0.1, -0.05) is 0 Å². The Morgan fingerprint density at radius 2 is 2.47 bits per heavy atom. The van der Waals surface area contributed by atoms with Gasteiger partial charge in [-0.05, 0) is 24.3 Å². The summed E-state index contributed by atoms with van der Waals surface area (Å²) in [6.45, 7) is 1.72. The van der Waals surface area contributed by atoms with Gasteiger partial charge in [0.25, 0.3) is 5.91 Å². The van der Waals surface area contributed by atoms with Crippen molar-refractivity contribution in [3.05, 3.63) is 34.0 Å². The first-order valence-corrected chi connectivity index (χ1v) is 8.13. The van der Waals surface area contributed by atoms with Crippen molar-refractivity contribution in [3.63, 3.8) is 0 Å². The van der Waals surface area contributed by atoms with Gasteiger partial charge in [0.1, 0.15) is 0 Å². The molecule has 0 aliphatic carbocycles. The van der Waals surface area contributed by atoms with Crippen LogP contribution in [0.15, 0.2) is 28.4 Å². The van der Waals surface area contributed by atoms with E-state index in [2.05, 4.69) is 15.2 Å². The molecule has 100 valence electrons. The van der Waals surface area contributed by atoms with E-state index in [-0.39, 0.29) is 5.91 Å². The van der Waals surface area contributed by atoms with Crippen LogP contribution in [0.25, 0.3) is 0 Å². The number of thiazole rings is 1. The molecule has 0 bridgehead atoms. The molecule has 0 radical (unpaired) electrons. The summed E-state index contributed by atoms with van der Waals surface area (Å²) in [5.41, 5.74) is 0.754. The summed E-state index contributed by atoms with van der Waals surface area (Å²) in [7, 11) is 0. The lowest BCUT2D eigenvalue weighted by atomic mass is 10.2. The number of nitrogens with zero attached hydrogens (tertiary/aromatic N) is 2. The summed E-state index contributed by atoms with van der Waals surface area (Å²) in [4.78, 5) is 18.6. The number of rotatable bonds is 4. The summed E-state index contributed by atoms with van der Waals surface area (Å²) in [6, 6.07) is 2.22. The molecule has 2 aromatic heterocycles. The van der Waals surface area contributed by atoms with E-state index in [9.17, 15) is 4.79 Å². The summed E-state index contributed by atoms with van der Waals surface area (Å²) < 4.78 is 0. The minimum Gasteiger partial charge on any atom is -0.350 e. The average Bonchev–Trinajstić information content (AvgIpc) is 3.14. The maximum absolute atomic E-state index is 11.9. The van der Waals surface area contributed by atoms with Crippen LogP contribution in [0, 0.1) is 0 Å². The van der Waals surface area contributed by atoms with E-state index in [1.54, 1.807) is 22.7 Å². The van der Waals surface area contributed by atoms with Gasteiger partial charge in [-0.15, -0.1) is 11.3 Å². The first-order chi connectivity index (χ1) is 9.34. The van der Waals surface area contributed by atoms with Crippen molar-refractivity contribution in [2.45, 2.75) is 18.9 Å². The Morgan fingerprint density at radius 1 is 1.53 bits per heavy atom. The Hall–Kier alpha value is -1.40. The molecule has 0 spiro atoms. The number of anilines is 1. The molecule has 3 rings (SSSR count). The van der Waals surface area contributed by atoms with E-state index in [4.69, 9.17) is 0 Å².